The number of hydrogen-bond donors (Lipinski definition) is 3. The third kappa shape index (κ3) is 7.82. The minimum atomic E-state index is -0.933. The first-order valence-corrected chi connectivity index (χ1v) is 17.3. The van der Waals surface area contributed by atoms with Crippen molar-refractivity contribution >= 4 is 29.2 Å². The zero-order valence-corrected chi connectivity index (χ0v) is 26.4. The maximum Gasteiger partial charge on any atom is 0.415 e. The van der Waals surface area contributed by atoms with Crippen LogP contribution in [-0.4, -0.2) is 65.4 Å². The highest BCUT2D eigenvalue weighted by Gasteiger charge is 2.41. The SMILES string of the molecule is [2H]C1(C[C@H](NC2([2H])CCCCC2)C(=O)N2CCN(C(=O)Oc3ccc4c(c3)CNC4)C[C@H]2C(=O)NCc2cccs2)CCCCC1. The van der Waals surface area contributed by atoms with E-state index in [2.05, 4.69) is 16.0 Å². The first-order chi connectivity index (χ1) is 22.2. The molecule has 9 nitrogen and oxygen atoms in total. The Morgan fingerprint density at radius 2 is 1.77 bits per heavy atom. The summed E-state index contributed by atoms with van der Waals surface area (Å²) in [5, 5.41) is 11.6. The Bertz CT molecular complexity index is 1350. The molecule has 1 saturated heterocycles. The van der Waals surface area contributed by atoms with E-state index in [1.165, 1.54) is 10.5 Å². The molecule has 3 heterocycles. The monoisotopic (exact) mass is 623 g/mol. The first kappa shape index (κ1) is 28.5. The number of nitrogens with one attached hydrogen (secondary N) is 3. The van der Waals surface area contributed by atoms with Crippen molar-refractivity contribution in [1.29, 1.82) is 0 Å². The van der Waals surface area contributed by atoms with Crippen molar-refractivity contribution in [2.45, 2.75) is 108 Å². The van der Waals surface area contributed by atoms with E-state index in [0.717, 1.165) is 74.9 Å². The van der Waals surface area contributed by atoms with E-state index >= 15 is 0 Å². The minimum Gasteiger partial charge on any atom is -0.410 e. The third-order valence-electron chi connectivity index (χ3n) is 9.44. The highest BCUT2D eigenvalue weighted by atomic mass is 32.1. The Kier molecular flexibility index (Phi) is 9.65. The molecule has 0 bridgehead atoms. The van der Waals surface area contributed by atoms with Crippen LogP contribution in [0.25, 0.3) is 0 Å². The van der Waals surface area contributed by atoms with Gasteiger partial charge in [0, 0.05) is 39.8 Å². The van der Waals surface area contributed by atoms with Gasteiger partial charge in [0.2, 0.25) is 11.8 Å². The van der Waals surface area contributed by atoms with Crippen molar-refractivity contribution in [1.82, 2.24) is 25.8 Å². The fourth-order valence-electron chi connectivity index (χ4n) is 6.96. The number of nitrogens with zero attached hydrogens (tertiary/aromatic N) is 2. The van der Waals surface area contributed by atoms with Gasteiger partial charge in [-0.2, -0.15) is 0 Å². The van der Waals surface area contributed by atoms with Crippen molar-refractivity contribution in [3.05, 3.63) is 51.7 Å². The Balaban J connectivity index is 1.21. The van der Waals surface area contributed by atoms with Crippen LogP contribution in [0.1, 0.15) is 89.4 Å². The van der Waals surface area contributed by atoms with E-state index in [9.17, 15) is 15.8 Å². The number of thiophene rings is 1. The molecule has 6 rings (SSSR count). The van der Waals surface area contributed by atoms with E-state index in [4.69, 9.17) is 6.11 Å². The predicted octanol–water partition coefficient (Wildman–Crippen LogP) is 4.94. The van der Waals surface area contributed by atoms with Gasteiger partial charge in [-0.25, -0.2) is 4.79 Å². The lowest BCUT2D eigenvalue weighted by molar-refractivity contribution is -0.145. The fourth-order valence-corrected chi connectivity index (χ4v) is 7.60. The molecule has 2 aliphatic carbocycles. The van der Waals surface area contributed by atoms with Gasteiger partial charge in [0.1, 0.15) is 11.8 Å². The van der Waals surface area contributed by atoms with E-state index in [0.29, 0.717) is 31.6 Å². The van der Waals surface area contributed by atoms with Gasteiger partial charge in [-0.05, 0) is 59.9 Å². The van der Waals surface area contributed by atoms with Crippen LogP contribution in [0.3, 0.4) is 0 Å². The van der Waals surface area contributed by atoms with Gasteiger partial charge in [0.05, 0.1) is 19.1 Å². The van der Waals surface area contributed by atoms with Crippen molar-refractivity contribution in [2.75, 3.05) is 19.6 Å². The molecule has 2 aliphatic heterocycles. The molecule has 44 heavy (non-hydrogen) atoms. The largest absolute Gasteiger partial charge is 0.415 e. The summed E-state index contributed by atoms with van der Waals surface area (Å²) in [6, 6.07) is 6.88. The lowest BCUT2D eigenvalue weighted by Crippen LogP contribution is -2.64. The number of amides is 3. The Morgan fingerprint density at radius 3 is 2.55 bits per heavy atom. The average molecular weight is 624 g/mol. The Hall–Kier alpha value is -2.95. The molecule has 10 heteroatoms. The predicted molar refractivity (Wildman–Crippen MR) is 171 cm³/mol. The van der Waals surface area contributed by atoms with Crippen LogP contribution in [-0.2, 0) is 29.2 Å². The molecule has 2 saturated carbocycles. The highest BCUT2D eigenvalue weighted by Crippen LogP contribution is 2.30. The van der Waals surface area contributed by atoms with Crippen molar-refractivity contribution < 1.29 is 21.9 Å². The smallest absolute Gasteiger partial charge is 0.410 e. The molecular weight excluding hydrogens is 574 g/mol. The second-order valence-corrected chi connectivity index (χ2v) is 13.6. The van der Waals surface area contributed by atoms with Crippen LogP contribution in [0.2, 0.25) is 0 Å². The van der Waals surface area contributed by atoms with E-state index < -0.39 is 30.1 Å². The normalized spacial score (nSPS) is 24.0. The summed E-state index contributed by atoms with van der Waals surface area (Å²) >= 11 is 1.54. The number of hydrogen-bond acceptors (Lipinski definition) is 7. The third-order valence-corrected chi connectivity index (χ3v) is 10.3. The number of piperazine rings is 1. The summed E-state index contributed by atoms with van der Waals surface area (Å²) in [5.74, 6) is -0.886. The molecule has 3 N–H and O–H groups in total. The van der Waals surface area contributed by atoms with Gasteiger partial charge < -0.3 is 30.5 Å². The molecule has 0 unspecified atom stereocenters. The van der Waals surface area contributed by atoms with Crippen LogP contribution in [0.15, 0.2) is 35.7 Å². The summed E-state index contributed by atoms with van der Waals surface area (Å²) in [5.41, 5.74) is 2.28. The van der Waals surface area contributed by atoms with E-state index in [-0.39, 0.29) is 31.4 Å². The lowest BCUT2D eigenvalue weighted by Gasteiger charge is -2.42. The van der Waals surface area contributed by atoms with Gasteiger partial charge in [-0.3, -0.25) is 9.59 Å². The Morgan fingerprint density at radius 1 is 1.00 bits per heavy atom. The Labute approximate surface area is 267 Å². The van der Waals surface area contributed by atoms with Crippen molar-refractivity contribution in [2.24, 2.45) is 5.89 Å². The molecule has 0 radical (unpaired) electrons. The summed E-state index contributed by atoms with van der Waals surface area (Å²) in [6.45, 7) is 2.22. The van der Waals surface area contributed by atoms with Gasteiger partial charge in [0.25, 0.3) is 0 Å². The van der Waals surface area contributed by atoms with E-state index in [1.807, 2.05) is 29.6 Å². The molecule has 0 spiro atoms. The lowest BCUT2D eigenvalue weighted by atomic mass is 9.83. The van der Waals surface area contributed by atoms with Gasteiger partial charge in [0.15, 0.2) is 0 Å². The number of carbonyl (C=O) groups excluding carboxylic acids is 3. The minimum absolute atomic E-state index is 0.00189. The highest BCUT2D eigenvalue weighted by molar-refractivity contribution is 7.09. The van der Waals surface area contributed by atoms with E-state index in [1.54, 1.807) is 22.3 Å². The summed E-state index contributed by atoms with van der Waals surface area (Å²) in [4.78, 5) is 45.8. The number of ether oxygens (including phenoxy) is 1. The number of carbonyl (C=O) groups is 3. The van der Waals surface area contributed by atoms with Crippen molar-refractivity contribution in [3.8, 4) is 5.75 Å². The first-order valence-electron chi connectivity index (χ1n) is 17.4. The van der Waals surface area contributed by atoms with Crippen LogP contribution >= 0.6 is 11.3 Å². The summed E-state index contributed by atoms with van der Waals surface area (Å²) in [6.07, 6.45) is 8.50. The van der Waals surface area contributed by atoms with Gasteiger partial charge in [-0.15, -0.1) is 11.3 Å². The van der Waals surface area contributed by atoms with Gasteiger partial charge in [-0.1, -0.05) is 63.5 Å². The number of rotatable bonds is 9. The van der Waals surface area contributed by atoms with Crippen LogP contribution < -0.4 is 20.7 Å². The second-order valence-electron chi connectivity index (χ2n) is 12.6. The number of benzene rings is 1. The fraction of sp³-hybridized carbons (Fsp3) is 0.618. The standard InChI is InChI=1S/C34H47N5O4S/c40-32(36-22-29-12-7-17-44-29)31-23-38(34(42)43-28-14-13-25-20-35-21-26(25)19-28)15-16-39(31)33(41)30(18-24-8-3-1-4-9-24)37-27-10-5-2-6-11-27/h7,12-14,17,19,24,27,30-31,35,37H,1-6,8-11,15-16,18,20-23H2,(H,36,40)/t30-,31-/m0/s1/i24D,27D. The maximum atomic E-state index is 14.5. The summed E-state index contributed by atoms with van der Waals surface area (Å²) < 4.78 is 24.2. The quantitative estimate of drug-likeness (QED) is 0.366. The molecule has 3 amide bonds. The molecule has 4 aliphatic rings. The van der Waals surface area contributed by atoms with Crippen molar-refractivity contribution in [3.63, 3.8) is 0 Å². The topological polar surface area (TPSA) is 103 Å². The van der Waals surface area contributed by atoms with Crippen LogP contribution in [0, 0.1) is 5.89 Å². The molecular formula is C34H47N5O4S. The van der Waals surface area contributed by atoms with Crippen LogP contribution in [0.4, 0.5) is 4.79 Å². The molecule has 2 atom stereocenters. The summed E-state index contributed by atoms with van der Waals surface area (Å²) in [7, 11) is 0. The zero-order valence-electron chi connectivity index (χ0n) is 27.6. The molecule has 1 aromatic heterocycles. The second kappa shape index (κ2) is 14.9. The molecule has 1 aromatic carbocycles. The maximum absolute atomic E-state index is 14.5. The number of fused-ring (bicyclic) bond motifs is 1. The van der Waals surface area contributed by atoms with Gasteiger partial charge >= 0.3 is 6.09 Å². The molecule has 3 fully saturated rings. The zero-order chi connectivity index (χ0) is 32.1. The van der Waals surface area contributed by atoms with Crippen LogP contribution in [0.5, 0.6) is 5.75 Å². The average Bonchev–Trinajstić information content (AvgIpc) is 3.75. The molecule has 238 valence electrons. The molecule has 2 aromatic rings.